The maximum absolute atomic E-state index is 11.9. The molecule has 0 N–H and O–H groups in total. The molecular formula is C22H26N2O4S. The van der Waals surface area contributed by atoms with E-state index < -0.39 is 0 Å². The first-order valence-electron chi connectivity index (χ1n) is 9.67. The molecule has 0 unspecified atom stereocenters. The zero-order valence-corrected chi connectivity index (χ0v) is 18.3. The van der Waals surface area contributed by atoms with Crippen LogP contribution < -0.4 is 4.74 Å². The molecule has 2 aromatic heterocycles. The third kappa shape index (κ3) is 4.34. The molecule has 0 radical (unpaired) electrons. The second-order valence-corrected chi connectivity index (χ2v) is 8.78. The third-order valence-electron chi connectivity index (χ3n) is 4.51. The van der Waals surface area contributed by atoms with E-state index in [1.54, 1.807) is 17.5 Å². The molecule has 0 spiro atoms. The Morgan fingerprint density at radius 2 is 2.00 bits per heavy atom. The zero-order chi connectivity index (χ0) is 21.2. The van der Waals surface area contributed by atoms with Crippen molar-refractivity contribution in [3.63, 3.8) is 0 Å². The van der Waals surface area contributed by atoms with E-state index in [1.807, 2.05) is 25.1 Å². The predicted octanol–water partition coefficient (Wildman–Crippen LogP) is 4.68. The fourth-order valence-corrected chi connectivity index (χ4v) is 4.18. The van der Waals surface area contributed by atoms with Gasteiger partial charge in [-0.3, -0.25) is 14.0 Å². The third-order valence-corrected chi connectivity index (χ3v) is 5.49. The minimum absolute atomic E-state index is 0.119. The molecular weight excluding hydrogens is 388 g/mol. The van der Waals surface area contributed by atoms with Crippen LogP contribution in [-0.2, 0) is 21.4 Å². The summed E-state index contributed by atoms with van der Waals surface area (Å²) in [6.45, 7) is 11.1. The highest BCUT2D eigenvalue weighted by atomic mass is 32.1. The lowest BCUT2D eigenvalue weighted by atomic mass is 9.85. The lowest BCUT2D eigenvalue weighted by Gasteiger charge is -2.23. The quantitative estimate of drug-likeness (QED) is 0.415. The number of aromatic nitrogens is 2. The number of fused-ring (bicyclic) bond motifs is 1. The van der Waals surface area contributed by atoms with Crippen molar-refractivity contribution < 1.29 is 19.1 Å². The van der Waals surface area contributed by atoms with E-state index in [1.165, 1.54) is 11.3 Å². The van der Waals surface area contributed by atoms with E-state index in [4.69, 9.17) is 9.47 Å². The zero-order valence-electron chi connectivity index (χ0n) is 17.4. The van der Waals surface area contributed by atoms with Crippen LogP contribution in [0.4, 0.5) is 0 Å². The number of nitrogens with zero attached hydrogens (tertiary/aromatic N) is 2. The van der Waals surface area contributed by atoms with E-state index in [9.17, 15) is 9.59 Å². The summed E-state index contributed by atoms with van der Waals surface area (Å²) in [7, 11) is 0. The number of hydrogen-bond acceptors (Lipinski definition) is 6. The molecule has 0 aliphatic carbocycles. The average Bonchev–Trinajstić information content (AvgIpc) is 3.18. The van der Waals surface area contributed by atoms with E-state index in [-0.39, 0.29) is 17.8 Å². The van der Waals surface area contributed by atoms with Crippen LogP contribution in [0.3, 0.4) is 0 Å². The second kappa shape index (κ2) is 8.37. The van der Waals surface area contributed by atoms with Gasteiger partial charge in [0.2, 0.25) is 0 Å². The van der Waals surface area contributed by atoms with Crippen molar-refractivity contribution in [3.8, 4) is 17.0 Å². The molecule has 0 aliphatic heterocycles. The van der Waals surface area contributed by atoms with Gasteiger partial charge in [-0.25, -0.2) is 4.98 Å². The first kappa shape index (κ1) is 21.0. The van der Waals surface area contributed by atoms with Crippen molar-refractivity contribution >= 4 is 28.6 Å². The normalized spacial score (nSPS) is 11.6. The fraction of sp³-hybridized carbons (Fsp3) is 0.409. The van der Waals surface area contributed by atoms with Crippen LogP contribution in [0, 0.1) is 0 Å². The van der Waals surface area contributed by atoms with Crippen LogP contribution in [0.15, 0.2) is 24.4 Å². The number of esters is 1. The highest BCUT2D eigenvalue weighted by molar-refractivity contribution is 7.17. The fourth-order valence-electron chi connectivity index (χ4n) is 3.21. The lowest BCUT2D eigenvalue weighted by molar-refractivity contribution is -0.142. The van der Waals surface area contributed by atoms with Gasteiger partial charge < -0.3 is 9.47 Å². The Kier molecular flexibility index (Phi) is 6.07. The smallest absolute Gasteiger partial charge is 0.311 e. The van der Waals surface area contributed by atoms with Crippen molar-refractivity contribution in [2.45, 2.75) is 46.5 Å². The number of thiazole rings is 1. The molecule has 29 heavy (non-hydrogen) atoms. The second-order valence-electron chi connectivity index (χ2n) is 7.69. The molecule has 0 bridgehead atoms. The average molecular weight is 415 g/mol. The summed E-state index contributed by atoms with van der Waals surface area (Å²) in [6, 6.07) is 5.91. The van der Waals surface area contributed by atoms with Crippen molar-refractivity contribution in [3.05, 3.63) is 40.5 Å². The van der Waals surface area contributed by atoms with Crippen molar-refractivity contribution in [2.24, 2.45) is 0 Å². The molecule has 3 aromatic rings. The number of aldehydes is 1. The number of ether oxygens (including phenoxy) is 2. The van der Waals surface area contributed by atoms with Gasteiger partial charge in [0.25, 0.3) is 0 Å². The molecule has 0 saturated heterocycles. The van der Waals surface area contributed by atoms with Crippen LogP contribution in [-0.4, -0.2) is 34.9 Å². The molecule has 1 aromatic carbocycles. The highest BCUT2D eigenvalue weighted by Gasteiger charge is 2.23. The molecule has 0 atom stereocenters. The van der Waals surface area contributed by atoms with Crippen molar-refractivity contribution in [1.29, 1.82) is 0 Å². The van der Waals surface area contributed by atoms with Crippen molar-refractivity contribution in [1.82, 2.24) is 9.38 Å². The lowest BCUT2D eigenvalue weighted by Crippen LogP contribution is -2.13. The summed E-state index contributed by atoms with van der Waals surface area (Å²) >= 11 is 1.38. The Balaban J connectivity index is 2.04. The molecule has 7 heteroatoms. The first-order valence-corrected chi connectivity index (χ1v) is 10.5. The molecule has 0 aliphatic rings. The summed E-state index contributed by atoms with van der Waals surface area (Å²) in [6.07, 6.45) is 2.77. The van der Waals surface area contributed by atoms with Gasteiger partial charge in [-0.2, -0.15) is 0 Å². The molecule has 2 heterocycles. The minimum Gasteiger partial charge on any atom is -0.494 e. The maximum atomic E-state index is 11.9. The van der Waals surface area contributed by atoms with Gasteiger partial charge in [-0.1, -0.05) is 20.8 Å². The Hall–Kier alpha value is -2.67. The predicted molar refractivity (Wildman–Crippen MR) is 114 cm³/mol. The monoisotopic (exact) mass is 414 g/mol. The van der Waals surface area contributed by atoms with Crippen molar-refractivity contribution in [2.75, 3.05) is 13.2 Å². The number of benzene rings is 1. The number of imidazole rings is 1. The molecule has 0 fully saturated rings. The number of carbonyl (C=O) groups is 2. The summed E-state index contributed by atoms with van der Waals surface area (Å²) in [5.74, 6) is 0.556. The molecule has 3 rings (SSSR count). The van der Waals surface area contributed by atoms with Crippen LogP contribution >= 0.6 is 11.3 Å². The topological polar surface area (TPSA) is 69.9 Å². The van der Waals surface area contributed by atoms with Crippen LogP contribution in [0.2, 0.25) is 0 Å². The number of carbonyl (C=O) groups excluding carboxylic acids is 2. The van der Waals surface area contributed by atoms with Gasteiger partial charge >= 0.3 is 5.97 Å². The summed E-state index contributed by atoms with van der Waals surface area (Å²) in [5, 5.41) is 0. The molecule has 6 nitrogen and oxygen atoms in total. The SMILES string of the molecule is CCOC(=O)Cc1cn2c(C=O)c(-c3ccc(OCC)c(C(C)(C)C)c3)nc2s1. The standard InChI is InChI=1S/C22H26N2O4S/c1-6-27-18-9-8-14(10-16(18)22(3,4)5)20-17(13-25)24-12-15(29-21(24)23-20)11-19(26)28-7-2/h8-10,12-13H,6-7,11H2,1-5H3. The van der Waals surface area contributed by atoms with E-state index in [0.717, 1.165) is 28.0 Å². The van der Waals surface area contributed by atoms with E-state index >= 15 is 0 Å². The number of hydrogen-bond donors (Lipinski definition) is 0. The summed E-state index contributed by atoms with van der Waals surface area (Å²) in [5.41, 5.74) is 2.90. The van der Waals surface area contributed by atoms with E-state index in [0.29, 0.717) is 29.6 Å². The molecule has 0 amide bonds. The van der Waals surface area contributed by atoms with Gasteiger partial charge in [0, 0.05) is 22.2 Å². The Morgan fingerprint density at radius 1 is 1.24 bits per heavy atom. The van der Waals surface area contributed by atoms with Gasteiger partial charge in [-0.05, 0) is 37.5 Å². The van der Waals surface area contributed by atoms with Crippen LogP contribution in [0.5, 0.6) is 5.75 Å². The first-order chi connectivity index (χ1) is 13.8. The number of rotatable bonds is 7. The van der Waals surface area contributed by atoms with Crippen LogP contribution in [0.1, 0.15) is 55.5 Å². The van der Waals surface area contributed by atoms with Gasteiger partial charge in [-0.15, -0.1) is 11.3 Å². The Labute approximate surface area is 174 Å². The maximum Gasteiger partial charge on any atom is 0.311 e. The summed E-state index contributed by atoms with van der Waals surface area (Å²) < 4.78 is 12.5. The van der Waals surface area contributed by atoms with E-state index in [2.05, 4.69) is 25.8 Å². The minimum atomic E-state index is -0.286. The van der Waals surface area contributed by atoms with Gasteiger partial charge in [0.1, 0.15) is 17.1 Å². The molecule has 0 saturated carbocycles. The Morgan fingerprint density at radius 3 is 2.62 bits per heavy atom. The Bertz CT molecular complexity index is 1040. The van der Waals surface area contributed by atoms with Gasteiger partial charge in [0.15, 0.2) is 11.2 Å². The van der Waals surface area contributed by atoms with Gasteiger partial charge in [0.05, 0.1) is 19.6 Å². The highest BCUT2D eigenvalue weighted by Crippen LogP contribution is 2.36. The summed E-state index contributed by atoms with van der Waals surface area (Å²) in [4.78, 5) is 29.8. The van der Waals surface area contributed by atoms with Crippen LogP contribution in [0.25, 0.3) is 16.2 Å². The largest absolute Gasteiger partial charge is 0.494 e. The molecule has 154 valence electrons.